The minimum Gasteiger partial charge on any atom is -0.389 e. The lowest BCUT2D eigenvalue weighted by atomic mass is 9.71. The molecule has 0 radical (unpaired) electrons. The largest absolute Gasteiger partial charge is 0.389 e. The summed E-state index contributed by atoms with van der Waals surface area (Å²) < 4.78 is 5.07. The van der Waals surface area contributed by atoms with Gasteiger partial charge in [-0.1, -0.05) is 12.2 Å². The summed E-state index contributed by atoms with van der Waals surface area (Å²) in [5.41, 5.74) is 0. The van der Waals surface area contributed by atoms with Crippen molar-refractivity contribution < 1.29 is 9.84 Å². The molecule has 70 valence electrons. The fraction of sp³-hybridized carbons (Fsp3) is 0.800. The molecule has 1 N–H and O–H groups in total. The van der Waals surface area contributed by atoms with Gasteiger partial charge in [-0.25, -0.2) is 0 Å². The van der Waals surface area contributed by atoms with Gasteiger partial charge in [0.05, 0.1) is 6.10 Å². The molecule has 1 saturated carbocycles. The van der Waals surface area contributed by atoms with E-state index in [1.54, 1.807) is 7.11 Å². The van der Waals surface area contributed by atoms with Crippen molar-refractivity contribution in [2.24, 2.45) is 11.8 Å². The van der Waals surface area contributed by atoms with Gasteiger partial charge in [-0.15, -0.1) is 0 Å². The number of rotatable bonds is 4. The van der Waals surface area contributed by atoms with Crippen LogP contribution in [-0.4, -0.2) is 24.9 Å². The molecule has 0 saturated heterocycles. The highest BCUT2D eigenvalue weighted by molar-refractivity contribution is 4.96. The second-order valence-electron chi connectivity index (χ2n) is 3.47. The van der Waals surface area contributed by atoms with Gasteiger partial charge in [0.2, 0.25) is 0 Å². The van der Waals surface area contributed by atoms with E-state index in [9.17, 15) is 5.11 Å². The molecule has 0 aromatic heterocycles. The quantitative estimate of drug-likeness (QED) is 0.649. The van der Waals surface area contributed by atoms with Gasteiger partial charge >= 0.3 is 0 Å². The van der Waals surface area contributed by atoms with Crippen molar-refractivity contribution in [3.8, 4) is 0 Å². The molecule has 0 bridgehead atoms. The van der Waals surface area contributed by atoms with Crippen LogP contribution in [-0.2, 0) is 4.74 Å². The zero-order valence-corrected chi connectivity index (χ0v) is 7.86. The predicted molar refractivity (Wildman–Crippen MR) is 48.9 cm³/mol. The molecule has 1 fully saturated rings. The van der Waals surface area contributed by atoms with E-state index in [4.69, 9.17) is 4.74 Å². The fourth-order valence-electron chi connectivity index (χ4n) is 1.81. The van der Waals surface area contributed by atoms with E-state index < -0.39 is 0 Å². The lowest BCUT2D eigenvalue weighted by molar-refractivity contribution is -0.00178. The van der Waals surface area contributed by atoms with E-state index in [1.165, 1.54) is 6.42 Å². The molecule has 0 aromatic carbocycles. The SMILES string of the molecule is CC=C[C@H](O)[C@@H]1CC[C@H]1COC. The Balaban J connectivity index is 2.32. The summed E-state index contributed by atoms with van der Waals surface area (Å²) in [4.78, 5) is 0. The number of methoxy groups -OCH3 is 1. The Bertz CT molecular complexity index is 154. The topological polar surface area (TPSA) is 29.5 Å². The van der Waals surface area contributed by atoms with Crippen molar-refractivity contribution >= 4 is 0 Å². The van der Waals surface area contributed by atoms with Crippen LogP contribution in [0.15, 0.2) is 12.2 Å². The van der Waals surface area contributed by atoms with Gasteiger partial charge in [-0.2, -0.15) is 0 Å². The molecule has 0 heterocycles. The molecule has 0 amide bonds. The maximum Gasteiger partial charge on any atom is 0.0752 e. The molecule has 0 aromatic rings. The Hall–Kier alpha value is -0.340. The van der Waals surface area contributed by atoms with Gasteiger partial charge in [-0.3, -0.25) is 0 Å². The number of aliphatic hydroxyl groups is 1. The van der Waals surface area contributed by atoms with E-state index in [2.05, 4.69) is 0 Å². The van der Waals surface area contributed by atoms with Crippen LogP contribution in [0.2, 0.25) is 0 Å². The van der Waals surface area contributed by atoms with Gasteiger partial charge in [-0.05, 0) is 31.6 Å². The fourth-order valence-corrected chi connectivity index (χ4v) is 1.81. The third-order valence-corrected chi connectivity index (χ3v) is 2.69. The Morgan fingerprint density at radius 1 is 1.58 bits per heavy atom. The van der Waals surface area contributed by atoms with Crippen molar-refractivity contribution in [2.45, 2.75) is 25.9 Å². The first-order chi connectivity index (χ1) is 5.79. The van der Waals surface area contributed by atoms with Crippen LogP contribution in [0.4, 0.5) is 0 Å². The Kier molecular flexibility index (Phi) is 3.76. The highest BCUT2D eigenvalue weighted by Crippen LogP contribution is 2.37. The van der Waals surface area contributed by atoms with Gasteiger partial charge in [0.1, 0.15) is 0 Å². The molecule has 12 heavy (non-hydrogen) atoms. The van der Waals surface area contributed by atoms with Crippen LogP contribution in [0.25, 0.3) is 0 Å². The van der Waals surface area contributed by atoms with Crippen LogP contribution >= 0.6 is 0 Å². The average Bonchev–Trinajstić information content (AvgIpc) is 1.98. The van der Waals surface area contributed by atoms with Crippen molar-refractivity contribution in [3.63, 3.8) is 0 Å². The zero-order chi connectivity index (χ0) is 8.97. The summed E-state index contributed by atoms with van der Waals surface area (Å²) in [6, 6.07) is 0. The molecule has 0 spiro atoms. The van der Waals surface area contributed by atoms with Crippen molar-refractivity contribution in [1.29, 1.82) is 0 Å². The second kappa shape index (κ2) is 4.63. The normalized spacial score (nSPS) is 31.9. The van der Waals surface area contributed by atoms with Gasteiger partial charge in [0.25, 0.3) is 0 Å². The summed E-state index contributed by atoms with van der Waals surface area (Å²) in [7, 11) is 1.72. The molecular weight excluding hydrogens is 152 g/mol. The zero-order valence-electron chi connectivity index (χ0n) is 7.86. The van der Waals surface area contributed by atoms with Crippen LogP contribution in [0.1, 0.15) is 19.8 Å². The Morgan fingerprint density at radius 3 is 2.75 bits per heavy atom. The maximum atomic E-state index is 9.62. The first kappa shape index (κ1) is 9.75. The van der Waals surface area contributed by atoms with E-state index in [0.29, 0.717) is 11.8 Å². The standard InChI is InChI=1S/C10H18O2/c1-3-4-10(11)9-6-5-8(9)7-12-2/h3-4,8-11H,5-7H2,1-2H3/t8-,9+,10-/m0/s1. The van der Waals surface area contributed by atoms with Crippen molar-refractivity contribution in [2.75, 3.05) is 13.7 Å². The minimum absolute atomic E-state index is 0.260. The van der Waals surface area contributed by atoms with Gasteiger partial charge in [0, 0.05) is 13.7 Å². The summed E-state index contributed by atoms with van der Waals surface area (Å²) in [5.74, 6) is 1.00. The Labute approximate surface area is 74.2 Å². The van der Waals surface area contributed by atoms with E-state index in [-0.39, 0.29) is 6.10 Å². The van der Waals surface area contributed by atoms with Crippen LogP contribution in [0, 0.1) is 11.8 Å². The van der Waals surface area contributed by atoms with E-state index in [0.717, 1.165) is 13.0 Å². The van der Waals surface area contributed by atoms with Crippen LogP contribution in [0.3, 0.4) is 0 Å². The monoisotopic (exact) mass is 170 g/mol. The molecule has 2 heteroatoms. The first-order valence-electron chi connectivity index (χ1n) is 4.59. The van der Waals surface area contributed by atoms with Crippen molar-refractivity contribution in [1.82, 2.24) is 0 Å². The number of hydrogen-bond donors (Lipinski definition) is 1. The van der Waals surface area contributed by atoms with Gasteiger partial charge in [0.15, 0.2) is 0 Å². The average molecular weight is 170 g/mol. The second-order valence-corrected chi connectivity index (χ2v) is 3.47. The van der Waals surface area contributed by atoms with Crippen molar-refractivity contribution in [3.05, 3.63) is 12.2 Å². The highest BCUT2D eigenvalue weighted by Gasteiger charge is 2.34. The third-order valence-electron chi connectivity index (χ3n) is 2.69. The molecule has 0 aliphatic heterocycles. The van der Waals surface area contributed by atoms with E-state index >= 15 is 0 Å². The maximum absolute atomic E-state index is 9.62. The smallest absolute Gasteiger partial charge is 0.0752 e. The lowest BCUT2D eigenvalue weighted by Crippen LogP contribution is -2.37. The predicted octanol–water partition coefficient (Wildman–Crippen LogP) is 1.60. The minimum atomic E-state index is -0.260. The molecule has 2 nitrogen and oxygen atoms in total. The summed E-state index contributed by atoms with van der Waals surface area (Å²) in [6.45, 7) is 2.73. The van der Waals surface area contributed by atoms with Crippen LogP contribution < -0.4 is 0 Å². The number of allylic oxidation sites excluding steroid dienone is 1. The first-order valence-corrected chi connectivity index (χ1v) is 4.59. The molecule has 3 atom stereocenters. The molecule has 1 aliphatic carbocycles. The van der Waals surface area contributed by atoms with Crippen LogP contribution in [0.5, 0.6) is 0 Å². The molecule has 1 aliphatic rings. The summed E-state index contributed by atoms with van der Waals surface area (Å²) in [6.07, 6.45) is 5.86. The van der Waals surface area contributed by atoms with E-state index in [1.807, 2.05) is 19.1 Å². The Morgan fingerprint density at radius 2 is 2.33 bits per heavy atom. The number of hydrogen-bond acceptors (Lipinski definition) is 2. The summed E-state index contributed by atoms with van der Waals surface area (Å²) in [5, 5.41) is 9.62. The number of aliphatic hydroxyl groups excluding tert-OH is 1. The lowest BCUT2D eigenvalue weighted by Gasteiger charge is -2.38. The van der Waals surface area contributed by atoms with Gasteiger partial charge < -0.3 is 9.84 Å². The molecule has 0 unspecified atom stereocenters. The molecule has 1 rings (SSSR count). The molecular formula is C10H18O2. The highest BCUT2D eigenvalue weighted by atomic mass is 16.5. The third kappa shape index (κ3) is 2.08. The number of ether oxygens (including phenoxy) is 1. The summed E-state index contributed by atoms with van der Waals surface area (Å²) >= 11 is 0.